The monoisotopic (exact) mass is 401 g/mol. The van der Waals surface area contributed by atoms with Crippen LogP contribution in [0.1, 0.15) is 6.92 Å². The van der Waals surface area contributed by atoms with E-state index in [1.165, 1.54) is 16.6 Å². The number of allylic oxidation sites excluding steroid dienone is 1. The number of fused-ring (bicyclic) bond motifs is 2. The Hall–Kier alpha value is -3.25. The third-order valence-electron chi connectivity index (χ3n) is 6.13. The highest BCUT2D eigenvalue weighted by molar-refractivity contribution is 5.83. The van der Waals surface area contributed by atoms with Crippen molar-refractivity contribution >= 4 is 33.3 Å². The second-order valence-corrected chi connectivity index (χ2v) is 8.07. The molecule has 0 bridgehead atoms. The van der Waals surface area contributed by atoms with Crippen LogP contribution in [-0.4, -0.2) is 51.7 Å². The van der Waals surface area contributed by atoms with E-state index in [0.29, 0.717) is 6.54 Å². The number of H-pyrrole nitrogens is 1. The summed E-state index contributed by atoms with van der Waals surface area (Å²) < 4.78 is 3.60. The van der Waals surface area contributed by atoms with Crippen LogP contribution < -0.4 is 10.6 Å². The molecule has 6 heteroatoms. The van der Waals surface area contributed by atoms with E-state index in [2.05, 4.69) is 45.6 Å². The van der Waals surface area contributed by atoms with Crippen molar-refractivity contribution in [3.8, 4) is 0 Å². The van der Waals surface area contributed by atoms with Gasteiger partial charge in [0, 0.05) is 62.4 Å². The second-order valence-electron chi connectivity index (χ2n) is 8.07. The second kappa shape index (κ2) is 7.54. The first kappa shape index (κ1) is 18.8. The number of hydrogen-bond donors (Lipinski definition) is 1. The zero-order valence-electron chi connectivity index (χ0n) is 17.3. The minimum atomic E-state index is 0.00147. The Morgan fingerprint density at radius 1 is 1.00 bits per heavy atom. The van der Waals surface area contributed by atoms with Gasteiger partial charge < -0.3 is 9.88 Å². The molecule has 2 aromatic carbocycles. The lowest BCUT2D eigenvalue weighted by Gasteiger charge is -2.36. The molecule has 2 aromatic heterocycles. The molecule has 5 rings (SSSR count). The van der Waals surface area contributed by atoms with Crippen LogP contribution in [0.2, 0.25) is 0 Å². The quantitative estimate of drug-likeness (QED) is 0.556. The molecule has 1 fully saturated rings. The SMILES string of the molecule is C=C(C)n1c(=O)n(CCN2CCN(c3ccc4cc[nH]c4c3)CC2)c2ccccc21. The van der Waals surface area contributed by atoms with Crippen LogP contribution in [0.25, 0.3) is 27.6 Å². The normalized spacial score (nSPS) is 15.3. The van der Waals surface area contributed by atoms with Crippen LogP contribution in [0.3, 0.4) is 0 Å². The predicted molar refractivity (Wildman–Crippen MR) is 124 cm³/mol. The molecule has 0 radical (unpaired) electrons. The highest BCUT2D eigenvalue weighted by atomic mass is 16.1. The Morgan fingerprint density at radius 2 is 1.77 bits per heavy atom. The van der Waals surface area contributed by atoms with E-state index >= 15 is 0 Å². The molecule has 0 unspecified atom stereocenters. The number of rotatable bonds is 5. The van der Waals surface area contributed by atoms with Crippen LogP contribution in [0.4, 0.5) is 5.69 Å². The van der Waals surface area contributed by atoms with Gasteiger partial charge in [0.15, 0.2) is 0 Å². The van der Waals surface area contributed by atoms with Gasteiger partial charge in [-0.3, -0.25) is 14.0 Å². The molecular weight excluding hydrogens is 374 g/mol. The van der Waals surface area contributed by atoms with E-state index in [1.807, 2.05) is 42.0 Å². The molecule has 3 heterocycles. The van der Waals surface area contributed by atoms with E-state index in [0.717, 1.165) is 49.5 Å². The highest BCUT2D eigenvalue weighted by Crippen LogP contribution is 2.22. The summed E-state index contributed by atoms with van der Waals surface area (Å²) in [4.78, 5) is 21.1. The lowest BCUT2D eigenvalue weighted by molar-refractivity contribution is 0.248. The van der Waals surface area contributed by atoms with Gasteiger partial charge in [0.05, 0.1) is 11.0 Å². The van der Waals surface area contributed by atoms with E-state index in [1.54, 1.807) is 4.57 Å². The highest BCUT2D eigenvalue weighted by Gasteiger charge is 2.19. The summed E-state index contributed by atoms with van der Waals surface area (Å²) in [7, 11) is 0. The van der Waals surface area contributed by atoms with Crippen LogP contribution >= 0.6 is 0 Å². The van der Waals surface area contributed by atoms with Crippen molar-refractivity contribution in [3.05, 3.63) is 71.8 Å². The van der Waals surface area contributed by atoms with Crippen molar-refractivity contribution < 1.29 is 0 Å². The molecule has 6 nitrogen and oxygen atoms in total. The molecule has 1 aliphatic heterocycles. The van der Waals surface area contributed by atoms with Crippen molar-refractivity contribution in [1.82, 2.24) is 19.0 Å². The molecular formula is C24H27N5O. The molecule has 1 saturated heterocycles. The van der Waals surface area contributed by atoms with Gasteiger partial charge in [0.1, 0.15) is 0 Å². The molecule has 0 aliphatic carbocycles. The predicted octanol–water partition coefficient (Wildman–Crippen LogP) is 3.60. The molecule has 30 heavy (non-hydrogen) atoms. The van der Waals surface area contributed by atoms with Gasteiger partial charge in [-0.15, -0.1) is 0 Å². The van der Waals surface area contributed by atoms with Gasteiger partial charge in [-0.1, -0.05) is 24.8 Å². The maximum absolute atomic E-state index is 13.0. The summed E-state index contributed by atoms with van der Waals surface area (Å²) in [6.07, 6.45) is 1.99. The first-order valence-corrected chi connectivity index (χ1v) is 10.5. The lowest BCUT2D eigenvalue weighted by atomic mass is 10.2. The fourth-order valence-electron chi connectivity index (χ4n) is 4.50. The molecule has 1 aliphatic rings. The average molecular weight is 402 g/mol. The topological polar surface area (TPSA) is 49.2 Å². The number of anilines is 1. The van der Waals surface area contributed by atoms with Crippen LogP contribution in [0, 0.1) is 0 Å². The maximum atomic E-state index is 13.0. The average Bonchev–Trinajstić information content (AvgIpc) is 3.33. The molecule has 1 N–H and O–H groups in total. The number of benzene rings is 2. The lowest BCUT2D eigenvalue weighted by Crippen LogP contribution is -2.47. The van der Waals surface area contributed by atoms with Crippen molar-refractivity contribution in [2.45, 2.75) is 13.5 Å². The number of hydrogen-bond acceptors (Lipinski definition) is 3. The molecule has 4 aromatic rings. The number of nitrogens with one attached hydrogen (secondary N) is 1. The Labute approximate surface area is 175 Å². The summed E-state index contributed by atoms with van der Waals surface area (Å²) in [6.45, 7) is 11.4. The maximum Gasteiger partial charge on any atom is 0.333 e. The summed E-state index contributed by atoms with van der Waals surface area (Å²) in [5.41, 5.74) is 5.11. The number of nitrogens with zero attached hydrogens (tertiary/aromatic N) is 4. The standard InChI is InChI=1S/C24H27N5O/c1-18(2)29-23-6-4-3-5-22(23)28(24(29)30)16-13-26-11-14-27(15-12-26)20-8-7-19-9-10-25-21(19)17-20/h3-10,17,25H,1,11-16H2,2H3. The summed E-state index contributed by atoms with van der Waals surface area (Å²) in [5.74, 6) is 0. The van der Waals surface area contributed by atoms with Crippen molar-refractivity contribution in [3.63, 3.8) is 0 Å². The summed E-state index contributed by atoms with van der Waals surface area (Å²) in [5, 5.41) is 1.25. The van der Waals surface area contributed by atoms with E-state index in [9.17, 15) is 4.79 Å². The van der Waals surface area contributed by atoms with Gasteiger partial charge in [-0.2, -0.15) is 0 Å². The Morgan fingerprint density at radius 3 is 2.53 bits per heavy atom. The van der Waals surface area contributed by atoms with Crippen molar-refractivity contribution in [2.75, 3.05) is 37.6 Å². The zero-order valence-corrected chi connectivity index (χ0v) is 17.3. The van der Waals surface area contributed by atoms with Crippen molar-refractivity contribution in [2.24, 2.45) is 0 Å². The van der Waals surface area contributed by atoms with E-state index in [4.69, 9.17) is 0 Å². The largest absolute Gasteiger partial charge is 0.369 e. The van der Waals surface area contributed by atoms with E-state index < -0.39 is 0 Å². The Kier molecular flexibility index (Phi) is 4.71. The smallest absolute Gasteiger partial charge is 0.333 e. The molecule has 154 valence electrons. The number of piperazine rings is 1. The minimum absolute atomic E-state index is 0.00147. The zero-order chi connectivity index (χ0) is 20.7. The van der Waals surface area contributed by atoms with Crippen LogP contribution in [-0.2, 0) is 6.54 Å². The third-order valence-corrected chi connectivity index (χ3v) is 6.13. The van der Waals surface area contributed by atoms with Gasteiger partial charge in [-0.25, -0.2) is 4.79 Å². The molecule has 0 amide bonds. The summed E-state index contributed by atoms with van der Waals surface area (Å²) in [6, 6.07) is 16.7. The molecule has 0 atom stereocenters. The number of imidazole rings is 1. The molecule has 0 saturated carbocycles. The van der Waals surface area contributed by atoms with Crippen molar-refractivity contribution in [1.29, 1.82) is 0 Å². The van der Waals surface area contributed by atoms with E-state index in [-0.39, 0.29) is 5.69 Å². The van der Waals surface area contributed by atoms with Gasteiger partial charge in [0.25, 0.3) is 0 Å². The fraction of sp³-hybridized carbons (Fsp3) is 0.292. The first-order valence-electron chi connectivity index (χ1n) is 10.5. The van der Waals surface area contributed by atoms with Crippen LogP contribution in [0.15, 0.2) is 66.1 Å². The first-order chi connectivity index (χ1) is 14.6. The van der Waals surface area contributed by atoms with Gasteiger partial charge in [-0.05, 0) is 42.6 Å². The number of aromatic nitrogens is 3. The Balaban J connectivity index is 1.27. The van der Waals surface area contributed by atoms with Gasteiger partial charge in [0.2, 0.25) is 0 Å². The van der Waals surface area contributed by atoms with Gasteiger partial charge >= 0.3 is 5.69 Å². The number of para-hydroxylation sites is 2. The molecule has 0 spiro atoms. The summed E-state index contributed by atoms with van der Waals surface area (Å²) >= 11 is 0. The third kappa shape index (κ3) is 3.23. The fourth-order valence-corrected chi connectivity index (χ4v) is 4.50. The Bertz CT molecular complexity index is 1270. The number of aromatic amines is 1. The van der Waals surface area contributed by atoms with Crippen LogP contribution in [0.5, 0.6) is 0 Å². The minimum Gasteiger partial charge on any atom is -0.369 e.